The number of halogens is 5. The Hall–Kier alpha value is -2.75. The van der Waals surface area contributed by atoms with Gasteiger partial charge in [0.1, 0.15) is 22.7 Å². The number of hydrogen-bond acceptors (Lipinski definition) is 6. The van der Waals surface area contributed by atoms with Crippen molar-refractivity contribution in [2.45, 2.75) is 11.8 Å². The molecule has 2 N–H and O–H groups in total. The van der Waals surface area contributed by atoms with Crippen LogP contribution in [-0.4, -0.2) is 15.0 Å². The van der Waals surface area contributed by atoms with Crippen LogP contribution in [0, 0.1) is 24.4 Å². The summed E-state index contributed by atoms with van der Waals surface area (Å²) in [5, 5.41) is 3.08. The van der Waals surface area contributed by atoms with E-state index in [2.05, 4.69) is 25.0 Å². The van der Waals surface area contributed by atoms with Crippen LogP contribution in [0.1, 0.15) is 5.56 Å². The molecule has 0 spiro atoms. The van der Waals surface area contributed by atoms with Crippen LogP contribution in [-0.2, 0) is 0 Å². The summed E-state index contributed by atoms with van der Waals surface area (Å²) in [4.78, 5) is 12.7. The lowest BCUT2D eigenvalue weighted by molar-refractivity contribution is 0.501. The van der Waals surface area contributed by atoms with Gasteiger partial charge in [-0.1, -0.05) is 35.3 Å². The van der Waals surface area contributed by atoms with Gasteiger partial charge in [-0.3, -0.25) is 0 Å². The summed E-state index contributed by atoms with van der Waals surface area (Å²) in [7, 11) is 0. The Morgan fingerprint density at radius 1 is 1.00 bits per heavy atom. The summed E-state index contributed by atoms with van der Waals surface area (Å²) in [6.45, 7) is 1.82. The summed E-state index contributed by atoms with van der Waals surface area (Å²) in [6, 6.07) is 9.12. The van der Waals surface area contributed by atoms with Crippen molar-refractivity contribution in [2.75, 3.05) is 10.0 Å². The molecule has 0 amide bonds. The number of rotatable bonds is 5. The second-order valence-electron chi connectivity index (χ2n) is 6.35. The Labute approximate surface area is 189 Å². The van der Waals surface area contributed by atoms with E-state index in [4.69, 9.17) is 23.2 Å². The third-order valence-electron chi connectivity index (χ3n) is 4.27. The summed E-state index contributed by atoms with van der Waals surface area (Å²) >= 11 is 13.1. The lowest BCUT2D eigenvalue weighted by atomic mass is 10.2. The zero-order valence-corrected chi connectivity index (χ0v) is 18.0. The molecular formula is C20H12Cl2F3N5S. The van der Waals surface area contributed by atoms with Crippen molar-refractivity contribution in [1.29, 1.82) is 0 Å². The van der Waals surface area contributed by atoms with Crippen molar-refractivity contribution in [3.05, 3.63) is 75.9 Å². The summed E-state index contributed by atoms with van der Waals surface area (Å²) < 4.78 is 46.5. The number of aryl methyl sites for hydroxylation is 1. The predicted molar refractivity (Wildman–Crippen MR) is 118 cm³/mol. The van der Waals surface area contributed by atoms with Gasteiger partial charge in [0.15, 0.2) is 23.3 Å². The van der Waals surface area contributed by atoms with E-state index in [9.17, 15) is 8.78 Å². The lowest BCUT2D eigenvalue weighted by Crippen LogP contribution is -2.06. The number of pyridine rings is 1. The zero-order chi connectivity index (χ0) is 22.1. The Kier molecular flexibility index (Phi) is 6.08. The highest BCUT2D eigenvalue weighted by atomic mass is 35.5. The van der Waals surface area contributed by atoms with Crippen molar-refractivity contribution in [3.8, 4) is 0 Å². The molecule has 0 aliphatic heterocycles. The molecule has 0 atom stereocenters. The SMILES string of the molecule is Cc1cccc(SNc2cc(F)c(F)c(Nc3ncnc4ccc(Cl)nc34)c2F)c1Cl. The predicted octanol–water partition coefficient (Wildman–Crippen LogP) is 6.92. The molecule has 158 valence electrons. The first-order chi connectivity index (χ1) is 14.8. The molecule has 2 aromatic carbocycles. The number of aromatic nitrogens is 3. The maximum atomic E-state index is 15.1. The van der Waals surface area contributed by atoms with Crippen molar-refractivity contribution in [3.63, 3.8) is 0 Å². The van der Waals surface area contributed by atoms with Crippen molar-refractivity contribution >= 4 is 63.4 Å². The van der Waals surface area contributed by atoms with Crippen molar-refractivity contribution < 1.29 is 13.2 Å². The topological polar surface area (TPSA) is 62.7 Å². The molecule has 0 fully saturated rings. The quantitative estimate of drug-likeness (QED) is 0.183. The Morgan fingerprint density at radius 3 is 2.61 bits per heavy atom. The van der Waals surface area contributed by atoms with Gasteiger partial charge in [0, 0.05) is 11.0 Å². The molecule has 2 heterocycles. The number of hydrogen-bond donors (Lipinski definition) is 2. The molecule has 5 nitrogen and oxygen atoms in total. The third-order valence-corrected chi connectivity index (χ3v) is 5.98. The highest BCUT2D eigenvalue weighted by molar-refractivity contribution is 8.00. The van der Waals surface area contributed by atoms with E-state index >= 15 is 4.39 Å². The molecule has 4 rings (SSSR count). The third kappa shape index (κ3) is 4.34. The molecular weight excluding hydrogens is 470 g/mol. The van der Waals surface area contributed by atoms with Gasteiger partial charge in [0.2, 0.25) is 0 Å². The first-order valence-electron chi connectivity index (χ1n) is 8.75. The zero-order valence-electron chi connectivity index (χ0n) is 15.7. The number of anilines is 3. The van der Waals surface area contributed by atoms with Gasteiger partial charge in [-0.25, -0.2) is 28.1 Å². The maximum absolute atomic E-state index is 15.1. The average molecular weight is 482 g/mol. The monoisotopic (exact) mass is 481 g/mol. The highest BCUT2D eigenvalue weighted by Crippen LogP contribution is 2.36. The van der Waals surface area contributed by atoms with Gasteiger partial charge in [0.05, 0.1) is 16.2 Å². The average Bonchev–Trinajstić information content (AvgIpc) is 2.75. The van der Waals surface area contributed by atoms with Gasteiger partial charge in [-0.15, -0.1) is 0 Å². The van der Waals surface area contributed by atoms with E-state index in [1.54, 1.807) is 18.2 Å². The van der Waals surface area contributed by atoms with E-state index in [0.29, 0.717) is 15.4 Å². The Balaban J connectivity index is 1.70. The van der Waals surface area contributed by atoms with Gasteiger partial charge in [0.25, 0.3) is 0 Å². The molecule has 31 heavy (non-hydrogen) atoms. The van der Waals surface area contributed by atoms with E-state index in [1.807, 2.05) is 13.0 Å². The fourth-order valence-electron chi connectivity index (χ4n) is 2.72. The van der Waals surface area contributed by atoms with E-state index < -0.39 is 23.1 Å². The standard InChI is InChI=1S/C20H12Cl2F3N5S/c1-9-3-2-4-13(15(9)22)31-30-12-7-10(23)16(24)19(17(12)25)29-20-18-11(26-8-27-20)5-6-14(21)28-18/h2-8,30H,1H3,(H,26,27,29). The summed E-state index contributed by atoms with van der Waals surface area (Å²) in [5.41, 5.74) is 0.368. The summed E-state index contributed by atoms with van der Waals surface area (Å²) in [5.74, 6) is -3.75. The van der Waals surface area contributed by atoms with Gasteiger partial charge in [-0.2, -0.15) is 0 Å². The van der Waals surface area contributed by atoms with Crippen LogP contribution in [0.2, 0.25) is 10.2 Å². The molecule has 0 saturated heterocycles. The normalized spacial score (nSPS) is 11.0. The summed E-state index contributed by atoms with van der Waals surface area (Å²) in [6.07, 6.45) is 1.18. The lowest BCUT2D eigenvalue weighted by Gasteiger charge is -2.14. The van der Waals surface area contributed by atoms with E-state index in [0.717, 1.165) is 23.6 Å². The molecule has 4 aromatic rings. The maximum Gasteiger partial charge on any atom is 0.185 e. The molecule has 0 unspecified atom stereocenters. The van der Waals surface area contributed by atoms with Crippen LogP contribution in [0.4, 0.5) is 30.4 Å². The molecule has 0 aliphatic rings. The molecule has 0 radical (unpaired) electrons. The van der Waals surface area contributed by atoms with Crippen LogP contribution in [0.15, 0.2) is 47.6 Å². The first kappa shape index (κ1) is 21.5. The van der Waals surface area contributed by atoms with Crippen LogP contribution >= 0.6 is 35.1 Å². The number of benzene rings is 2. The minimum atomic E-state index is -1.41. The molecule has 0 saturated carbocycles. The smallest absolute Gasteiger partial charge is 0.185 e. The van der Waals surface area contributed by atoms with Crippen LogP contribution in [0.5, 0.6) is 0 Å². The van der Waals surface area contributed by atoms with E-state index in [1.165, 1.54) is 12.4 Å². The molecule has 0 aliphatic carbocycles. The molecule has 2 aromatic heterocycles. The number of fused-ring (bicyclic) bond motifs is 1. The number of nitrogens with zero attached hydrogens (tertiary/aromatic N) is 3. The Bertz CT molecular complexity index is 1310. The van der Waals surface area contributed by atoms with Crippen molar-refractivity contribution in [2.24, 2.45) is 0 Å². The highest BCUT2D eigenvalue weighted by Gasteiger charge is 2.21. The Morgan fingerprint density at radius 2 is 1.81 bits per heavy atom. The molecule has 0 bridgehead atoms. The second kappa shape index (κ2) is 8.78. The van der Waals surface area contributed by atoms with Crippen LogP contribution < -0.4 is 10.0 Å². The van der Waals surface area contributed by atoms with Gasteiger partial charge < -0.3 is 10.0 Å². The first-order valence-corrected chi connectivity index (χ1v) is 10.3. The second-order valence-corrected chi connectivity index (χ2v) is 7.96. The van der Waals surface area contributed by atoms with Gasteiger partial charge >= 0.3 is 0 Å². The van der Waals surface area contributed by atoms with E-state index in [-0.39, 0.29) is 22.2 Å². The number of nitrogens with one attached hydrogen (secondary N) is 2. The fourth-order valence-corrected chi connectivity index (χ4v) is 3.88. The minimum Gasteiger partial charge on any atom is -0.333 e. The molecule has 11 heteroatoms. The fraction of sp³-hybridized carbons (Fsp3) is 0.0500. The largest absolute Gasteiger partial charge is 0.333 e. The van der Waals surface area contributed by atoms with Crippen LogP contribution in [0.25, 0.3) is 11.0 Å². The van der Waals surface area contributed by atoms with Crippen LogP contribution in [0.3, 0.4) is 0 Å². The van der Waals surface area contributed by atoms with Gasteiger partial charge in [-0.05, 0) is 42.6 Å². The van der Waals surface area contributed by atoms with Crippen molar-refractivity contribution in [1.82, 2.24) is 15.0 Å². The minimum absolute atomic E-state index is 0.0313.